The van der Waals surface area contributed by atoms with Gasteiger partial charge >= 0.3 is 0 Å². The maximum Gasteiger partial charge on any atom is 0.151 e. The van der Waals surface area contributed by atoms with Gasteiger partial charge in [-0.2, -0.15) is 5.10 Å². The summed E-state index contributed by atoms with van der Waals surface area (Å²) in [5, 5.41) is 7.49. The average Bonchev–Trinajstić information content (AvgIpc) is 2.99. The highest BCUT2D eigenvalue weighted by molar-refractivity contribution is 5.62. The highest BCUT2D eigenvalue weighted by Gasteiger charge is 2.07. The molecule has 0 aliphatic heterocycles. The lowest BCUT2D eigenvalue weighted by Gasteiger charge is -2.15. The second kappa shape index (κ2) is 5.61. The monoisotopic (exact) mass is 263 g/mol. The maximum atomic E-state index is 4.39. The third-order valence-electron chi connectivity index (χ3n) is 3.30. The molecule has 0 atom stereocenters. The van der Waals surface area contributed by atoms with E-state index in [0.29, 0.717) is 0 Å². The molecule has 0 spiro atoms. The lowest BCUT2D eigenvalue weighted by Crippen LogP contribution is -2.16. The Morgan fingerprint density at radius 3 is 2.30 bits per heavy atom. The van der Waals surface area contributed by atoms with Crippen LogP contribution in [-0.2, 0) is 6.54 Å². The van der Waals surface area contributed by atoms with Crippen molar-refractivity contribution >= 4 is 5.82 Å². The molecule has 0 radical (unpaired) electrons. The standard InChI is InChI=1S/C17H17N3/c1-20(13-14-8-4-2-5-9-14)17-12-16(18-19-17)15-10-6-3-7-11-15/h2-12H,13H2,1H3,(H,18,19). The van der Waals surface area contributed by atoms with Crippen LogP contribution in [0, 0.1) is 0 Å². The predicted molar refractivity (Wildman–Crippen MR) is 82.6 cm³/mol. The molecule has 3 rings (SSSR count). The third-order valence-corrected chi connectivity index (χ3v) is 3.30. The number of hydrogen-bond donors (Lipinski definition) is 1. The first-order valence-corrected chi connectivity index (χ1v) is 6.69. The van der Waals surface area contributed by atoms with E-state index < -0.39 is 0 Å². The van der Waals surface area contributed by atoms with Crippen molar-refractivity contribution in [3.05, 3.63) is 72.3 Å². The van der Waals surface area contributed by atoms with E-state index in [4.69, 9.17) is 0 Å². The van der Waals surface area contributed by atoms with Crippen LogP contribution in [-0.4, -0.2) is 17.2 Å². The Morgan fingerprint density at radius 1 is 0.950 bits per heavy atom. The Bertz CT molecular complexity index is 659. The molecule has 0 amide bonds. The minimum Gasteiger partial charge on any atom is -0.354 e. The smallest absolute Gasteiger partial charge is 0.151 e. The molecule has 3 heteroatoms. The Hall–Kier alpha value is -2.55. The summed E-state index contributed by atoms with van der Waals surface area (Å²) < 4.78 is 0. The van der Waals surface area contributed by atoms with Gasteiger partial charge < -0.3 is 4.90 Å². The third kappa shape index (κ3) is 2.72. The minimum absolute atomic E-state index is 0.847. The summed E-state index contributed by atoms with van der Waals surface area (Å²) in [6, 6.07) is 22.7. The number of rotatable bonds is 4. The van der Waals surface area contributed by atoms with Crippen molar-refractivity contribution < 1.29 is 0 Å². The maximum absolute atomic E-state index is 4.39. The molecule has 0 aliphatic rings. The van der Waals surface area contributed by atoms with Gasteiger partial charge in [0.2, 0.25) is 0 Å². The SMILES string of the molecule is CN(Cc1ccccc1)c1cc(-c2ccccc2)[nH]n1. The normalized spacial score (nSPS) is 10.4. The molecule has 3 nitrogen and oxygen atoms in total. The lowest BCUT2D eigenvalue weighted by molar-refractivity contribution is 0.887. The van der Waals surface area contributed by atoms with Gasteiger partial charge in [-0.25, -0.2) is 0 Å². The number of nitrogens with zero attached hydrogens (tertiary/aromatic N) is 2. The van der Waals surface area contributed by atoms with E-state index in [2.05, 4.69) is 64.6 Å². The van der Waals surface area contributed by atoms with Crippen LogP contribution in [0.2, 0.25) is 0 Å². The number of nitrogens with one attached hydrogen (secondary N) is 1. The van der Waals surface area contributed by atoms with Gasteiger partial charge in [-0.05, 0) is 11.1 Å². The van der Waals surface area contributed by atoms with Crippen molar-refractivity contribution in [2.24, 2.45) is 0 Å². The molecule has 0 saturated heterocycles. The molecule has 2 aromatic carbocycles. The largest absolute Gasteiger partial charge is 0.354 e. The van der Waals surface area contributed by atoms with Gasteiger partial charge in [0.05, 0.1) is 5.69 Å². The van der Waals surface area contributed by atoms with Crippen LogP contribution in [0.1, 0.15) is 5.56 Å². The van der Waals surface area contributed by atoms with E-state index in [-0.39, 0.29) is 0 Å². The highest BCUT2D eigenvalue weighted by atomic mass is 15.3. The van der Waals surface area contributed by atoms with Crippen LogP contribution >= 0.6 is 0 Å². The first-order chi connectivity index (χ1) is 9.83. The summed E-state index contributed by atoms with van der Waals surface area (Å²) in [5.41, 5.74) is 3.47. The van der Waals surface area contributed by atoms with Crippen LogP contribution in [0.4, 0.5) is 5.82 Å². The van der Waals surface area contributed by atoms with E-state index in [0.717, 1.165) is 23.6 Å². The average molecular weight is 263 g/mol. The highest BCUT2D eigenvalue weighted by Crippen LogP contribution is 2.21. The van der Waals surface area contributed by atoms with Gasteiger partial charge in [-0.15, -0.1) is 0 Å². The molecule has 20 heavy (non-hydrogen) atoms. The zero-order chi connectivity index (χ0) is 13.8. The van der Waals surface area contributed by atoms with Gasteiger partial charge in [0.15, 0.2) is 5.82 Å². The number of aromatic amines is 1. The van der Waals surface area contributed by atoms with Crippen LogP contribution in [0.5, 0.6) is 0 Å². The van der Waals surface area contributed by atoms with E-state index in [1.807, 2.05) is 24.3 Å². The van der Waals surface area contributed by atoms with Crippen LogP contribution in [0.3, 0.4) is 0 Å². The Balaban J connectivity index is 1.77. The number of H-pyrrole nitrogens is 1. The Labute approximate surface area is 118 Å². The van der Waals surface area contributed by atoms with Gasteiger partial charge in [0, 0.05) is 19.7 Å². The van der Waals surface area contributed by atoms with Crippen molar-refractivity contribution in [2.45, 2.75) is 6.54 Å². The molecule has 0 aliphatic carbocycles. The van der Waals surface area contributed by atoms with E-state index in [1.165, 1.54) is 5.56 Å². The zero-order valence-electron chi connectivity index (χ0n) is 11.5. The van der Waals surface area contributed by atoms with Crippen LogP contribution in [0.25, 0.3) is 11.3 Å². The number of hydrogen-bond acceptors (Lipinski definition) is 2. The molecular weight excluding hydrogens is 246 g/mol. The molecule has 0 fully saturated rings. The molecule has 1 N–H and O–H groups in total. The fourth-order valence-electron chi connectivity index (χ4n) is 2.21. The van der Waals surface area contributed by atoms with E-state index >= 15 is 0 Å². The molecule has 1 heterocycles. The van der Waals surface area contributed by atoms with Crippen LogP contribution in [0.15, 0.2) is 66.7 Å². The van der Waals surface area contributed by atoms with Crippen LogP contribution < -0.4 is 4.90 Å². The summed E-state index contributed by atoms with van der Waals surface area (Å²) in [6.45, 7) is 0.847. The van der Waals surface area contributed by atoms with Gasteiger partial charge in [-0.3, -0.25) is 5.10 Å². The van der Waals surface area contributed by atoms with E-state index in [1.54, 1.807) is 0 Å². The second-order valence-electron chi connectivity index (χ2n) is 4.85. The Morgan fingerprint density at radius 2 is 1.60 bits per heavy atom. The molecule has 0 unspecified atom stereocenters. The topological polar surface area (TPSA) is 31.9 Å². The molecular formula is C17H17N3. The molecule has 0 bridgehead atoms. The molecule has 0 saturated carbocycles. The summed E-state index contributed by atoms with van der Waals surface area (Å²) in [5.74, 6) is 0.952. The molecule has 100 valence electrons. The molecule has 3 aromatic rings. The quantitative estimate of drug-likeness (QED) is 0.778. The van der Waals surface area contributed by atoms with Crippen molar-refractivity contribution in [3.63, 3.8) is 0 Å². The predicted octanol–water partition coefficient (Wildman–Crippen LogP) is 3.71. The van der Waals surface area contributed by atoms with Gasteiger partial charge in [0.1, 0.15) is 0 Å². The summed E-state index contributed by atoms with van der Waals surface area (Å²) in [6.07, 6.45) is 0. The van der Waals surface area contributed by atoms with Gasteiger partial charge in [0.25, 0.3) is 0 Å². The molecule has 1 aromatic heterocycles. The second-order valence-corrected chi connectivity index (χ2v) is 4.85. The van der Waals surface area contributed by atoms with Crippen molar-refractivity contribution in [1.29, 1.82) is 0 Å². The summed E-state index contributed by atoms with van der Waals surface area (Å²) in [4.78, 5) is 2.14. The first kappa shape index (κ1) is 12.5. The zero-order valence-corrected chi connectivity index (χ0v) is 11.5. The number of aromatic nitrogens is 2. The number of anilines is 1. The number of benzene rings is 2. The van der Waals surface area contributed by atoms with Crippen molar-refractivity contribution in [2.75, 3.05) is 11.9 Å². The van der Waals surface area contributed by atoms with Crippen molar-refractivity contribution in [1.82, 2.24) is 10.2 Å². The Kier molecular flexibility index (Phi) is 3.50. The lowest BCUT2D eigenvalue weighted by atomic mass is 10.1. The van der Waals surface area contributed by atoms with E-state index in [9.17, 15) is 0 Å². The fraction of sp³-hybridized carbons (Fsp3) is 0.118. The fourth-order valence-corrected chi connectivity index (χ4v) is 2.21. The minimum atomic E-state index is 0.847. The van der Waals surface area contributed by atoms with Crippen molar-refractivity contribution in [3.8, 4) is 11.3 Å². The summed E-state index contributed by atoms with van der Waals surface area (Å²) >= 11 is 0. The van der Waals surface area contributed by atoms with Gasteiger partial charge in [-0.1, -0.05) is 60.7 Å². The first-order valence-electron chi connectivity index (χ1n) is 6.69. The summed E-state index contributed by atoms with van der Waals surface area (Å²) in [7, 11) is 2.05.